The van der Waals surface area contributed by atoms with E-state index in [2.05, 4.69) is 13.8 Å². The quantitative estimate of drug-likeness (QED) is 0.120. The molecule has 0 N–H and O–H groups in total. The molecule has 0 amide bonds. The first-order valence-electron chi connectivity index (χ1n) is 17.6. The monoisotopic (exact) mass is 620 g/mol. The van der Waals surface area contributed by atoms with Crippen molar-refractivity contribution in [3.8, 4) is 0 Å². The molecule has 1 aromatic rings. The summed E-state index contributed by atoms with van der Waals surface area (Å²) < 4.78 is 35.4. The Morgan fingerprint density at radius 1 is 0.581 bits per heavy atom. The lowest BCUT2D eigenvalue weighted by molar-refractivity contribution is 0.0450. The topological polar surface area (TPSA) is 86.7 Å². The van der Waals surface area contributed by atoms with Crippen LogP contribution in [0.3, 0.4) is 0 Å². The van der Waals surface area contributed by atoms with Crippen LogP contribution in [0.15, 0.2) is 24.3 Å². The molecule has 6 nitrogen and oxygen atoms in total. The predicted molar refractivity (Wildman–Crippen MR) is 176 cm³/mol. The molecule has 246 valence electrons. The Morgan fingerprint density at radius 2 is 0.930 bits per heavy atom. The molecule has 0 bridgehead atoms. The fourth-order valence-electron chi connectivity index (χ4n) is 6.15. The van der Waals surface area contributed by atoms with E-state index < -0.39 is 21.8 Å². The summed E-state index contributed by atoms with van der Waals surface area (Å²) in [7, 11) is -2.79. The average Bonchev–Trinajstić information content (AvgIpc) is 3.05. The van der Waals surface area contributed by atoms with Crippen LogP contribution in [-0.4, -0.2) is 44.1 Å². The summed E-state index contributed by atoms with van der Waals surface area (Å²) in [6.07, 6.45) is 24.3. The van der Waals surface area contributed by atoms with Gasteiger partial charge in [-0.15, -0.1) is 0 Å². The summed E-state index contributed by atoms with van der Waals surface area (Å²) >= 11 is 0. The van der Waals surface area contributed by atoms with Crippen LogP contribution in [0.2, 0.25) is 0 Å². The summed E-state index contributed by atoms with van der Waals surface area (Å²) in [5.41, 5.74) is 0.586. The van der Waals surface area contributed by atoms with Crippen LogP contribution < -0.4 is 0 Å². The molecule has 3 rings (SSSR count). The van der Waals surface area contributed by atoms with Gasteiger partial charge in [-0.3, -0.25) is 0 Å². The van der Waals surface area contributed by atoms with Gasteiger partial charge in [-0.2, -0.15) is 0 Å². The lowest BCUT2D eigenvalue weighted by Crippen LogP contribution is -2.34. The van der Waals surface area contributed by atoms with Crippen molar-refractivity contribution >= 4 is 21.8 Å². The maximum absolute atomic E-state index is 12.4. The zero-order valence-corrected chi connectivity index (χ0v) is 28.1. The van der Waals surface area contributed by atoms with E-state index >= 15 is 0 Å². The minimum absolute atomic E-state index is 0.00866. The summed E-state index contributed by atoms with van der Waals surface area (Å²) in [6, 6.07) is 6.74. The molecule has 2 saturated carbocycles. The van der Waals surface area contributed by atoms with Crippen molar-refractivity contribution in [2.75, 3.05) is 13.2 Å². The summed E-state index contributed by atoms with van der Waals surface area (Å²) in [5, 5.41) is 0.0173. The normalized spacial score (nSPS) is 16.2. The number of carbonyl (C=O) groups excluding carboxylic acids is 2. The maximum atomic E-state index is 12.4. The number of ether oxygens (including phenoxy) is 2. The second kappa shape index (κ2) is 22.6. The van der Waals surface area contributed by atoms with Crippen LogP contribution in [0.4, 0.5) is 0 Å². The highest BCUT2D eigenvalue weighted by molar-refractivity contribution is 7.92. The first-order valence-corrected chi connectivity index (χ1v) is 19.2. The number of hydrogen-bond acceptors (Lipinski definition) is 6. The Balaban J connectivity index is 0.000000358. The molecule has 2 aliphatic carbocycles. The van der Waals surface area contributed by atoms with Gasteiger partial charge in [0.05, 0.1) is 34.8 Å². The van der Waals surface area contributed by atoms with E-state index in [1.54, 1.807) is 24.3 Å². The van der Waals surface area contributed by atoms with E-state index in [1.807, 2.05) is 0 Å². The van der Waals surface area contributed by atoms with E-state index in [9.17, 15) is 18.0 Å². The minimum Gasteiger partial charge on any atom is -0.462 e. The van der Waals surface area contributed by atoms with Gasteiger partial charge in [0, 0.05) is 0 Å². The van der Waals surface area contributed by atoms with E-state index in [0.29, 0.717) is 24.3 Å². The lowest BCUT2D eigenvalue weighted by atomic mass is 10.00. The molecular weight excluding hydrogens is 560 g/mol. The molecule has 0 aliphatic heterocycles. The fourth-order valence-corrected chi connectivity index (χ4v) is 8.67. The van der Waals surface area contributed by atoms with E-state index in [1.165, 1.54) is 64.2 Å². The van der Waals surface area contributed by atoms with Gasteiger partial charge in [0.15, 0.2) is 9.84 Å². The molecule has 7 heteroatoms. The highest BCUT2D eigenvalue weighted by atomic mass is 32.2. The molecule has 43 heavy (non-hydrogen) atoms. The number of rotatable bonds is 18. The first kappa shape index (κ1) is 37.3. The van der Waals surface area contributed by atoms with Gasteiger partial charge >= 0.3 is 11.9 Å². The Bertz CT molecular complexity index is 920. The van der Waals surface area contributed by atoms with Gasteiger partial charge < -0.3 is 9.47 Å². The molecule has 0 unspecified atom stereocenters. The van der Waals surface area contributed by atoms with Crippen LogP contribution >= 0.6 is 0 Å². The van der Waals surface area contributed by atoms with Crippen molar-refractivity contribution in [3.05, 3.63) is 35.4 Å². The third kappa shape index (κ3) is 14.6. The molecule has 0 aromatic heterocycles. The molecule has 0 heterocycles. The maximum Gasteiger partial charge on any atom is 0.339 e. The first-order chi connectivity index (χ1) is 20.9. The second-order valence-electron chi connectivity index (χ2n) is 12.5. The fraction of sp³-hybridized carbons (Fsp3) is 0.778. The zero-order chi connectivity index (χ0) is 31.2. The third-order valence-corrected chi connectivity index (χ3v) is 11.7. The minimum atomic E-state index is -2.79. The molecule has 1 aromatic carbocycles. The number of hydrogen-bond donors (Lipinski definition) is 0. The molecule has 2 aliphatic rings. The van der Waals surface area contributed by atoms with Crippen molar-refractivity contribution in [2.45, 2.75) is 166 Å². The number of benzene rings is 1. The zero-order valence-electron chi connectivity index (χ0n) is 27.3. The molecule has 0 atom stereocenters. The lowest BCUT2D eigenvalue weighted by Gasteiger charge is -2.29. The van der Waals surface area contributed by atoms with Crippen molar-refractivity contribution in [1.82, 2.24) is 0 Å². The smallest absolute Gasteiger partial charge is 0.339 e. The third-order valence-electron chi connectivity index (χ3n) is 8.86. The number of sulfone groups is 1. The molecular formula is C36H60O6S. The predicted octanol–water partition coefficient (Wildman–Crippen LogP) is 9.79. The second-order valence-corrected chi connectivity index (χ2v) is 15.0. The standard InChI is InChI=1S/C24H38O4.C12H22O2S/c1-3-5-7-9-11-15-19-27-23(25)21-17-13-14-18-22(21)24(26)28-20-16-12-10-8-6-4-2;13-15(14,11-7-3-1-4-8-11)12-9-5-2-6-10-12/h13-14,17-18H,3-12,15-16,19-20H2,1-2H3;11-12H,1-10H2. The Labute approximate surface area is 263 Å². The van der Waals surface area contributed by atoms with Crippen LogP contribution in [0.25, 0.3) is 0 Å². The van der Waals surface area contributed by atoms with Gasteiger partial charge in [-0.1, -0.05) is 129 Å². The van der Waals surface area contributed by atoms with Crippen molar-refractivity contribution < 1.29 is 27.5 Å². The molecule has 0 radical (unpaired) electrons. The van der Waals surface area contributed by atoms with Crippen LogP contribution in [0, 0.1) is 0 Å². The summed E-state index contributed by atoms with van der Waals surface area (Å²) in [6.45, 7) is 5.17. The molecule has 0 spiro atoms. The van der Waals surface area contributed by atoms with Gasteiger partial charge in [0.25, 0.3) is 0 Å². The molecule has 2 fully saturated rings. The number of esters is 2. The van der Waals surface area contributed by atoms with E-state index in [0.717, 1.165) is 77.0 Å². The van der Waals surface area contributed by atoms with Crippen LogP contribution in [0.1, 0.15) is 176 Å². The van der Waals surface area contributed by atoms with E-state index in [-0.39, 0.29) is 10.5 Å². The Morgan fingerprint density at radius 3 is 1.30 bits per heavy atom. The highest BCUT2D eigenvalue weighted by Crippen LogP contribution is 2.32. The van der Waals surface area contributed by atoms with Gasteiger partial charge in [-0.25, -0.2) is 18.0 Å². The van der Waals surface area contributed by atoms with Crippen molar-refractivity contribution in [2.24, 2.45) is 0 Å². The van der Waals surface area contributed by atoms with Crippen LogP contribution in [-0.2, 0) is 19.3 Å². The largest absolute Gasteiger partial charge is 0.462 e. The number of carbonyl (C=O) groups is 2. The SMILES string of the molecule is CCCCCCCCOC(=O)c1ccccc1C(=O)OCCCCCCCC.O=S(=O)(C1CCCCC1)C1CCCCC1. The highest BCUT2D eigenvalue weighted by Gasteiger charge is 2.35. The summed E-state index contributed by atoms with van der Waals surface area (Å²) in [4.78, 5) is 24.7. The van der Waals surface area contributed by atoms with Gasteiger partial charge in [0.2, 0.25) is 0 Å². The van der Waals surface area contributed by atoms with Crippen LogP contribution in [0.5, 0.6) is 0 Å². The van der Waals surface area contributed by atoms with Crippen molar-refractivity contribution in [3.63, 3.8) is 0 Å². The van der Waals surface area contributed by atoms with Crippen molar-refractivity contribution in [1.29, 1.82) is 0 Å². The Hall–Kier alpha value is -1.89. The van der Waals surface area contributed by atoms with E-state index in [4.69, 9.17) is 9.47 Å². The van der Waals surface area contributed by atoms with Gasteiger partial charge in [0.1, 0.15) is 0 Å². The average molecular weight is 621 g/mol. The van der Waals surface area contributed by atoms with Gasteiger partial charge in [-0.05, 0) is 50.7 Å². The summed E-state index contributed by atoms with van der Waals surface area (Å²) in [5.74, 6) is -0.888. The number of unbranched alkanes of at least 4 members (excludes halogenated alkanes) is 10. The Kier molecular flexibility index (Phi) is 19.6. The molecule has 0 saturated heterocycles.